The Balaban J connectivity index is 1.69. The number of nitrogens with one attached hydrogen (secondary N) is 1. The summed E-state index contributed by atoms with van der Waals surface area (Å²) in [4.78, 5) is 20.6. The SMILES string of the molecule is COCCOc1cc(C(=O)N(C(C)C)[C@@H]2CCCNC2)nc2c(OCC3CCCO3)cccc12. The summed E-state index contributed by atoms with van der Waals surface area (Å²) in [5.74, 6) is 1.16. The van der Waals surface area contributed by atoms with E-state index in [2.05, 4.69) is 19.2 Å². The molecule has 3 heterocycles. The van der Waals surface area contributed by atoms with Crippen molar-refractivity contribution in [3.8, 4) is 11.5 Å². The summed E-state index contributed by atoms with van der Waals surface area (Å²) in [6.07, 6.45) is 4.18. The number of piperidine rings is 1. The van der Waals surface area contributed by atoms with Gasteiger partial charge in [-0.15, -0.1) is 0 Å². The summed E-state index contributed by atoms with van der Waals surface area (Å²) in [5.41, 5.74) is 0.997. The number of ether oxygens (including phenoxy) is 4. The van der Waals surface area contributed by atoms with Crippen molar-refractivity contribution in [2.75, 3.05) is 46.6 Å². The average Bonchev–Trinajstić information content (AvgIpc) is 3.37. The molecule has 2 aromatic rings. The van der Waals surface area contributed by atoms with E-state index in [9.17, 15) is 4.79 Å². The lowest BCUT2D eigenvalue weighted by atomic mass is 10.0. The van der Waals surface area contributed by atoms with Crippen LogP contribution >= 0.6 is 0 Å². The van der Waals surface area contributed by atoms with Gasteiger partial charge in [0.15, 0.2) is 0 Å². The number of amides is 1. The standard InChI is InChI=1S/C26H37N3O5/c1-18(2)29(19-7-5-11-27-16-19)26(30)22-15-24(33-14-13-31-3)21-9-4-10-23(25(21)28-22)34-17-20-8-6-12-32-20/h4,9-10,15,18-20,27H,5-8,11-14,16-17H2,1-3H3/t19-,20?/m1/s1. The highest BCUT2D eigenvalue weighted by Gasteiger charge is 2.30. The normalized spacial score (nSPS) is 20.6. The molecule has 2 aliphatic heterocycles. The van der Waals surface area contributed by atoms with Crippen molar-refractivity contribution in [3.63, 3.8) is 0 Å². The summed E-state index contributed by atoms with van der Waals surface area (Å²) in [5, 5.41) is 4.23. The Morgan fingerprint density at radius 3 is 2.79 bits per heavy atom. The van der Waals surface area contributed by atoms with Gasteiger partial charge in [-0.25, -0.2) is 4.98 Å². The quantitative estimate of drug-likeness (QED) is 0.532. The summed E-state index contributed by atoms with van der Waals surface area (Å²) >= 11 is 0. The van der Waals surface area contributed by atoms with Crippen LogP contribution in [0.2, 0.25) is 0 Å². The second kappa shape index (κ2) is 11.8. The van der Waals surface area contributed by atoms with Crippen molar-refractivity contribution in [1.82, 2.24) is 15.2 Å². The van der Waals surface area contributed by atoms with E-state index >= 15 is 0 Å². The highest BCUT2D eigenvalue weighted by molar-refractivity contribution is 5.98. The fraction of sp³-hybridized carbons (Fsp3) is 0.615. The van der Waals surface area contributed by atoms with Crippen molar-refractivity contribution < 1.29 is 23.7 Å². The third kappa shape index (κ3) is 5.79. The smallest absolute Gasteiger partial charge is 0.273 e. The fourth-order valence-corrected chi connectivity index (χ4v) is 4.76. The largest absolute Gasteiger partial charge is 0.490 e. The maximum absolute atomic E-state index is 13.8. The topological polar surface area (TPSA) is 82.2 Å². The number of benzene rings is 1. The number of carbonyl (C=O) groups excluding carboxylic acids is 1. The highest BCUT2D eigenvalue weighted by Crippen LogP contribution is 2.33. The Kier molecular flexibility index (Phi) is 8.59. The van der Waals surface area contributed by atoms with Gasteiger partial charge in [0.1, 0.15) is 35.9 Å². The van der Waals surface area contributed by atoms with E-state index in [0.29, 0.717) is 42.5 Å². The molecular weight excluding hydrogens is 434 g/mol. The summed E-state index contributed by atoms with van der Waals surface area (Å²) in [7, 11) is 1.64. The van der Waals surface area contributed by atoms with Gasteiger partial charge in [-0.05, 0) is 58.2 Å². The van der Waals surface area contributed by atoms with Crippen LogP contribution < -0.4 is 14.8 Å². The van der Waals surface area contributed by atoms with Crippen molar-refractivity contribution in [2.45, 2.75) is 57.7 Å². The highest BCUT2D eigenvalue weighted by atomic mass is 16.5. The molecule has 1 N–H and O–H groups in total. The molecule has 2 atom stereocenters. The molecule has 8 nitrogen and oxygen atoms in total. The number of hydrogen-bond donors (Lipinski definition) is 1. The zero-order valence-corrected chi connectivity index (χ0v) is 20.5. The molecule has 2 saturated heterocycles. The molecule has 8 heteroatoms. The van der Waals surface area contributed by atoms with Gasteiger partial charge >= 0.3 is 0 Å². The molecule has 1 unspecified atom stereocenters. The lowest BCUT2D eigenvalue weighted by molar-refractivity contribution is 0.0567. The third-order valence-corrected chi connectivity index (χ3v) is 6.43. The minimum absolute atomic E-state index is 0.0544. The Labute approximate surface area is 201 Å². The van der Waals surface area contributed by atoms with Gasteiger partial charge in [-0.1, -0.05) is 6.07 Å². The van der Waals surface area contributed by atoms with Crippen LogP contribution in [0.5, 0.6) is 11.5 Å². The molecule has 0 spiro atoms. The lowest BCUT2D eigenvalue weighted by Gasteiger charge is -2.37. The van der Waals surface area contributed by atoms with Crippen LogP contribution in [0.3, 0.4) is 0 Å². The van der Waals surface area contributed by atoms with Gasteiger partial charge in [0.25, 0.3) is 5.91 Å². The number of fused-ring (bicyclic) bond motifs is 1. The van der Waals surface area contributed by atoms with E-state index in [1.165, 1.54) is 0 Å². The first kappa shape index (κ1) is 24.7. The third-order valence-electron chi connectivity index (χ3n) is 6.43. The second-order valence-corrected chi connectivity index (χ2v) is 9.25. The molecule has 2 aliphatic rings. The summed E-state index contributed by atoms with van der Waals surface area (Å²) < 4.78 is 23.1. The predicted molar refractivity (Wildman–Crippen MR) is 131 cm³/mol. The van der Waals surface area contributed by atoms with Crippen molar-refractivity contribution in [3.05, 3.63) is 30.0 Å². The first-order valence-corrected chi connectivity index (χ1v) is 12.4. The van der Waals surface area contributed by atoms with Crippen molar-refractivity contribution in [2.24, 2.45) is 0 Å². The fourth-order valence-electron chi connectivity index (χ4n) is 4.76. The molecule has 0 bridgehead atoms. The van der Waals surface area contributed by atoms with E-state index in [0.717, 1.165) is 50.8 Å². The van der Waals surface area contributed by atoms with E-state index in [4.69, 9.17) is 23.9 Å². The monoisotopic (exact) mass is 471 g/mol. The van der Waals surface area contributed by atoms with Gasteiger partial charge in [-0.3, -0.25) is 4.79 Å². The maximum Gasteiger partial charge on any atom is 0.273 e. The van der Waals surface area contributed by atoms with E-state index in [-0.39, 0.29) is 24.1 Å². The Hall–Kier alpha value is -2.42. The minimum Gasteiger partial charge on any atom is -0.490 e. The maximum atomic E-state index is 13.8. The molecule has 4 rings (SSSR count). The van der Waals surface area contributed by atoms with E-state index < -0.39 is 0 Å². The van der Waals surface area contributed by atoms with Gasteiger partial charge in [-0.2, -0.15) is 0 Å². The zero-order valence-electron chi connectivity index (χ0n) is 20.5. The molecule has 0 radical (unpaired) electrons. The first-order chi connectivity index (χ1) is 16.6. The molecule has 186 valence electrons. The molecule has 2 fully saturated rings. The van der Waals surface area contributed by atoms with E-state index in [1.807, 2.05) is 23.1 Å². The molecular formula is C26H37N3O5. The number of carbonyl (C=O) groups is 1. The Morgan fingerprint density at radius 1 is 1.21 bits per heavy atom. The molecule has 0 aliphatic carbocycles. The predicted octanol–water partition coefficient (Wildman–Crippen LogP) is 3.42. The number of hydrogen-bond acceptors (Lipinski definition) is 7. The number of aromatic nitrogens is 1. The van der Waals surface area contributed by atoms with Crippen LogP contribution in [0, 0.1) is 0 Å². The Morgan fingerprint density at radius 2 is 2.09 bits per heavy atom. The first-order valence-electron chi connectivity index (χ1n) is 12.4. The number of methoxy groups -OCH3 is 1. The molecule has 0 saturated carbocycles. The Bertz CT molecular complexity index is 955. The van der Waals surface area contributed by atoms with Crippen molar-refractivity contribution in [1.29, 1.82) is 0 Å². The van der Waals surface area contributed by atoms with Gasteiger partial charge in [0, 0.05) is 43.8 Å². The average molecular weight is 472 g/mol. The minimum atomic E-state index is -0.0869. The molecule has 1 aromatic carbocycles. The number of pyridine rings is 1. The van der Waals surface area contributed by atoms with Crippen LogP contribution in [-0.4, -0.2) is 80.6 Å². The molecule has 34 heavy (non-hydrogen) atoms. The van der Waals surface area contributed by atoms with Gasteiger partial charge in [0.05, 0.1) is 12.7 Å². The number of rotatable bonds is 10. The van der Waals surface area contributed by atoms with Gasteiger partial charge in [0.2, 0.25) is 0 Å². The van der Waals surface area contributed by atoms with Crippen LogP contribution in [0.1, 0.15) is 50.0 Å². The van der Waals surface area contributed by atoms with Crippen LogP contribution in [0.25, 0.3) is 10.9 Å². The molecule has 1 aromatic heterocycles. The number of nitrogens with zero attached hydrogens (tertiary/aromatic N) is 2. The van der Waals surface area contributed by atoms with E-state index in [1.54, 1.807) is 13.2 Å². The second-order valence-electron chi connectivity index (χ2n) is 9.25. The zero-order chi connectivity index (χ0) is 23.9. The summed E-state index contributed by atoms with van der Waals surface area (Å²) in [6.45, 7) is 7.97. The van der Waals surface area contributed by atoms with Crippen LogP contribution in [-0.2, 0) is 9.47 Å². The van der Waals surface area contributed by atoms with Crippen molar-refractivity contribution >= 4 is 16.8 Å². The lowest BCUT2D eigenvalue weighted by Crippen LogP contribution is -2.51. The summed E-state index contributed by atoms with van der Waals surface area (Å²) in [6, 6.07) is 7.72. The van der Waals surface area contributed by atoms with Crippen LogP contribution in [0.15, 0.2) is 24.3 Å². The molecule has 1 amide bonds. The van der Waals surface area contributed by atoms with Gasteiger partial charge < -0.3 is 29.2 Å². The van der Waals surface area contributed by atoms with Crippen LogP contribution in [0.4, 0.5) is 0 Å². The number of para-hydroxylation sites is 1.